The van der Waals surface area contributed by atoms with Crippen LogP contribution >= 0.6 is 0 Å². The normalized spacial score (nSPS) is 10.8. The molecule has 7 heteroatoms. The molecule has 0 saturated carbocycles. The van der Waals surface area contributed by atoms with Crippen LogP contribution in [0.1, 0.15) is 18.2 Å². The second-order valence-corrected chi connectivity index (χ2v) is 6.34. The molecule has 0 aliphatic rings. The lowest BCUT2D eigenvalue weighted by Gasteiger charge is -2.09. The highest BCUT2D eigenvalue weighted by Gasteiger charge is 2.05. The summed E-state index contributed by atoms with van der Waals surface area (Å²) in [5.74, 6) is 1.88. The van der Waals surface area contributed by atoms with Crippen molar-refractivity contribution in [2.24, 2.45) is 0 Å². The Kier molecular flexibility index (Phi) is 7.10. The Hall–Kier alpha value is -3.74. The fourth-order valence-electron chi connectivity index (χ4n) is 2.81. The Morgan fingerprint density at radius 2 is 1.87 bits per heavy atom. The number of nitrogens with one attached hydrogen (secondary N) is 1. The van der Waals surface area contributed by atoms with Crippen LogP contribution in [0.2, 0.25) is 0 Å². The highest BCUT2D eigenvalue weighted by molar-refractivity contribution is 5.91. The number of carbonyl (C=O) groups excluding carboxylic acids is 1. The lowest BCUT2D eigenvalue weighted by atomic mass is 10.2. The molecule has 1 aromatic heterocycles. The third-order valence-corrected chi connectivity index (χ3v) is 4.34. The molecular formula is C23H25N3O4. The van der Waals surface area contributed by atoms with E-state index in [0.29, 0.717) is 24.7 Å². The fraction of sp³-hybridized carbons (Fsp3) is 0.217. The number of methoxy groups -OCH3 is 2. The second-order valence-electron chi connectivity index (χ2n) is 6.34. The Balaban J connectivity index is 1.57. The van der Waals surface area contributed by atoms with Crippen LogP contribution in [0, 0.1) is 0 Å². The molecule has 1 N–H and O–H groups in total. The first-order valence-electron chi connectivity index (χ1n) is 9.58. The van der Waals surface area contributed by atoms with E-state index in [1.807, 2.05) is 61.7 Å². The molecule has 156 valence electrons. The fourth-order valence-corrected chi connectivity index (χ4v) is 2.81. The van der Waals surface area contributed by atoms with Gasteiger partial charge >= 0.3 is 0 Å². The van der Waals surface area contributed by atoms with Crippen molar-refractivity contribution >= 4 is 12.0 Å². The maximum atomic E-state index is 12.2. The summed E-state index contributed by atoms with van der Waals surface area (Å²) in [5, 5.41) is 7.32. The zero-order chi connectivity index (χ0) is 21.3. The Bertz CT molecular complexity index is 1010. The van der Waals surface area contributed by atoms with E-state index in [2.05, 4.69) is 10.4 Å². The van der Waals surface area contributed by atoms with E-state index in [1.165, 1.54) is 6.08 Å². The van der Waals surface area contributed by atoms with Crippen molar-refractivity contribution in [2.45, 2.75) is 13.5 Å². The first-order chi connectivity index (χ1) is 14.6. The minimum absolute atomic E-state index is 0.206. The summed E-state index contributed by atoms with van der Waals surface area (Å²) in [6.45, 7) is 2.78. The van der Waals surface area contributed by atoms with Gasteiger partial charge in [-0.2, -0.15) is 5.10 Å². The molecule has 0 unspecified atom stereocenters. The van der Waals surface area contributed by atoms with Crippen LogP contribution < -0.4 is 19.5 Å². The largest absolute Gasteiger partial charge is 0.497 e. The molecule has 1 heterocycles. The Morgan fingerprint density at radius 3 is 2.57 bits per heavy atom. The van der Waals surface area contributed by atoms with Crippen molar-refractivity contribution in [1.29, 1.82) is 0 Å². The number of hydrogen-bond donors (Lipinski definition) is 1. The second kappa shape index (κ2) is 10.2. The van der Waals surface area contributed by atoms with E-state index in [4.69, 9.17) is 14.2 Å². The average molecular weight is 407 g/mol. The minimum Gasteiger partial charge on any atom is -0.497 e. The van der Waals surface area contributed by atoms with Gasteiger partial charge in [0, 0.05) is 12.3 Å². The van der Waals surface area contributed by atoms with E-state index in [0.717, 1.165) is 22.7 Å². The smallest absolute Gasteiger partial charge is 0.244 e. The van der Waals surface area contributed by atoms with Gasteiger partial charge in [0.15, 0.2) is 11.5 Å². The summed E-state index contributed by atoms with van der Waals surface area (Å²) >= 11 is 0. The predicted molar refractivity (Wildman–Crippen MR) is 115 cm³/mol. The molecular weight excluding hydrogens is 382 g/mol. The lowest BCUT2D eigenvalue weighted by Crippen LogP contribution is -2.20. The number of aromatic nitrogens is 2. The van der Waals surface area contributed by atoms with Gasteiger partial charge in [0.1, 0.15) is 5.75 Å². The quantitative estimate of drug-likeness (QED) is 0.549. The summed E-state index contributed by atoms with van der Waals surface area (Å²) in [6, 6.07) is 15.0. The monoisotopic (exact) mass is 407 g/mol. The molecule has 30 heavy (non-hydrogen) atoms. The zero-order valence-electron chi connectivity index (χ0n) is 17.3. The maximum absolute atomic E-state index is 12.2. The van der Waals surface area contributed by atoms with Gasteiger partial charge in [0.25, 0.3) is 0 Å². The summed E-state index contributed by atoms with van der Waals surface area (Å²) in [7, 11) is 3.22. The number of nitrogens with zero attached hydrogens (tertiary/aromatic N) is 2. The van der Waals surface area contributed by atoms with Crippen LogP contribution in [0.5, 0.6) is 17.2 Å². The highest BCUT2D eigenvalue weighted by Crippen LogP contribution is 2.28. The van der Waals surface area contributed by atoms with E-state index < -0.39 is 0 Å². The SMILES string of the molecule is CCOc1cc(/C=C/C(=O)NCc2ccn(-c3ccc(OC)cc3)n2)ccc1OC. The van der Waals surface area contributed by atoms with Gasteiger partial charge in [0.2, 0.25) is 5.91 Å². The first kappa shape index (κ1) is 21.0. The third kappa shape index (κ3) is 5.41. The van der Waals surface area contributed by atoms with Gasteiger partial charge < -0.3 is 19.5 Å². The van der Waals surface area contributed by atoms with Gasteiger partial charge in [-0.1, -0.05) is 6.07 Å². The first-order valence-corrected chi connectivity index (χ1v) is 9.58. The molecule has 0 bridgehead atoms. The molecule has 1 amide bonds. The van der Waals surface area contributed by atoms with E-state index in [-0.39, 0.29) is 5.91 Å². The summed E-state index contributed by atoms with van der Waals surface area (Å²) in [5.41, 5.74) is 2.52. The molecule has 3 rings (SSSR count). The molecule has 3 aromatic rings. The number of amides is 1. The molecule has 0 radical (unpaired) electrons. The van der Waals surface area contributed by atoms with Gasteiger partial charge in [-0.15, -0.1) is 0 Å². The minimum atomic E-state index is -0.206. The van der Waals surface area contributed by atoms with Crippen molar-refractivity contribution < 1.29 is 19.0 Å². The number of carbonyl (C=O) groups is 1. The van der Waals surface area contributed by atoms with Crippen LogP contribution in [0.3, 0.4) is 0 Å². The predicted octanol–water partition coefficient (Wildman–Crippen LogP) is 3.62. The zero-order valence-corrected chi connectivity index (χ0v) is 17.3. The van der Waals surface area contributed by atoms with E-state index in [9.17, 15) is 4.79 Å². The standard InChI is InChI=1S/C23H25N3O4/c1-4-30-22-15-17(5-11-21(22)29-3)6-12-23(27)24-16-18-13-14-26(25-18)19-7-9-20(28-2)10-8-19/h5-15H,4,16H2,1-3H3,(H,24,27)/b12-6+. The van der Waals surface area contributed by atoms with Gasteiger partial charge in [0.05, 0.1) is 38.8 Å². The Morgan fingerprint density at radius 1 is 1.07 bits per heavy atom. The van der Waals surface area contributed by atoms with Crippen LogP contribution in [0.15, 0.2) is 60.8 Å². The number of rotatable bonds is 9. The number of benzene rings is 2. The van der Waals surface area contributed by atoms with Crippen molar-refractivity contribution in [2.75, 3.05) is 20.8 Å². The maximum Gasteiger partial charge on any atom is 0.244 e. The van der Waals surface area contributed by atoms with Crippen LogP contribution in [-0.4, -0.2) is 36.5 Å². The molecule has 0 atom stereocenters. The highest BCUT2D eigenvalue weighted by atomic mass is 16.5. The van der Waals surface area contributed by atoms with Gasteiger partial charge in [-0.05, 0) is 61.0 Å². The summed E-state index contributed by atoms with van der Waals surface area (Å²) in [4.78, 5) is 12.2. The van der Waals surface area contributed by atoms with Gasteiger partial charge in [-0.25, -0.2) is 4.68 Å². The average Bonchev–Trinajstić information content (AvgIpc) is 3.26. The Labute approximate surface area is 175 Å². The van der Waals surface area contributed by atoms with Crippen molar-refractivity contribution in [3.05, 3.63) is 72.1 Å². The van der Waals surface area contributed by atoms with Crippen molar-refractivity contribution in [3.63, 3.8) is 0 Å². The van der Waals surface area contributed by atoms with Crippen LogP contribution in [0.4, 0.5) is 0 Å². The molecule has 0 aliphatic carbocycles. The molecule has 0 fully saturated rings. The third-order valence-electron chi connectivity index (χ3n) is 4.34. The molecule has 0 aliphatic heterocycles. The molecule has 0 spiro atoms. The summed E-state index contributed by atoms with van der Waals surface area (Å²) < 4.78 is 17.7. The van der Waals surface area contributed by atoms with Crippen LogP contribution in [-0.2, 0) is 11.3 Å². The molecule has 7 nitrogen and oxygen atoms in total. The molecule has 2 aromatic carbocycles. The van der Waals surface area contributed by atoms with Crippen molar-refractivity contribution in [3.8, 4) is 22.9 Å². The van der Waals surface area contributed by atoms with Gasteiger partial charge in [-0.3, -0.25) is 4.79 Å². The molecule has 0 saturated heterocycles. The van der Waals surface area contributed by atoms with Crippen LogP contribution in [0.25, 0.3) is 11.8 Å². The number of hydrogen-bond acceptors (Lipinski definition) is 5. The topological polar surface area (TPSA) is 74.6 Å². The lowest BCUT2D eigenvalue weighted by molar-refractivity contribution is -0.116. The van der Waals surface area contributed by atoms with E-state index >= 15 is 0 Å². The van der Waals surface area contributed by atoms with E-state index in [1.54, 1.807) is 25.0 Å². The number of ether oxygens (including phenoxy) is 3. The summed E-state index contributed by atoms with van der Waals surface area (Å²) in [6.07, 6.45) is 5.07. The van der Waals surface area contributed by atoms with Crippen molar-refractivity contribution in [1.82, 2.24) is 15.1 Å².